The first-order valence-electron chi connectivity index (χ1n) is 6.13. The highest BCUT2D eigenvalue weighted by atomic mass is 16.5. The van der Waals surface area contributed by atoms with Crippen LogP contribution in [-0.2, 0) is 10.2 Å². The van der Waals surface area contributed by atoms with E-state index in [0.29, 0.717) is 13.0 Å². The molecule has 1 aromatic carbocycles. The van der Waals surface area contributed by atoms with E-state index in [1.165, 1.54) is 5.56 Å². The van der Waals surface area contributed by atoms with Gasteiger partial charge in [0.25, 0.3) is 0 Å². The summed E-state index contributed by atoms with van der Waals surface area (Å²) in [5, 5.41) is 0. The Balaban J connectivity index is 2.62. The summed E-state index contributed by atoms with van der Waals surface area (Å²) in [6.45, 7) is 8.73. The Kier molecular flexibility index (Phi) is 4.73. The molecule has 2 nitrogen and oxygen atoms in total. The molecule has 0 aliphatic carbocycles. The van der Waals surface area contributed by atoms with Crippen LogP contribution in [0.25, 0.3) is 0 Å². The van der Waals surface area contributed by atoms with Crippen LogP contribution in [0.2, 0.25) is 0 Å². The van der Waals surface area contributed by atoms with E-state index in [1.807, 2.05) is 18.2 Å². The summed E-state index contributed by atoms with van der Waals surface area (Å²) in [5.74, 6) is 1.15. The van der Waals surface area contributed by atoms with Gasteiger partial charge in [0.05, 0.1) is 6.61 Å². The fourth-order valence-electron chi connectivity index (χ4n) is 1.72. The van der Waals surface area contributed by atoms with Crippen molar-refractivity contribution in [2.75, 3.05) is 6.61 Å². The summed E-state index contributed by atoms with van der Waals surface area (Å²) in [6, 6.07) is 8.10. The smallest absolute Gasteiger partial charge is 0.129 e. The number of para-hydroxylation sites is 1. The van der Waals surface area contributed by atoms with E-state index in [4.69, 9.17) is 4.74 Å². The van der Waals surface area contributed by atoms with Gasteiger partial charge in [0.15, 0.2) is 0 Å². The van der Waals surface area contributed by atoms with Gasteiger partial charge < -0.3 is 9.53 Å². The number of ether oxygens (including phenoxy) is 1. The predicted octanol–water partition coefficient (Wildman–Crippen LogP) is 3.73. The minimum Gasteiger partial charge on any atom is -0.493 e. The molecule has 0 fully saturated rings. The molecule has 94 valence electrons. The molecule has 0 aliphatic heterocycles. The highest BCUT2D eigenvalue weighted by molar-refractivity contribution is 5.75. The maximum atomic E-state index is 10.8. The molecule has 17 heavy (non-hydrogen) atoms. The summed E-state index contributed by atoms with van der Waals surface area (Å²) in [6.07, 6.45) is 1.38. The van der Waals surface area contributed by atoms with Crippen LogP contribution in [0.15, 0.2) is 24.3 Å². The summed E-state index contributed by atoms with van der Waals surface area (Å²) < 4.78 is 5.76. The van der Waals surface area contributed by atoms with Gasteiger partial charge in [-0.05, 0) is 30.4 Å². The van der Waals surface area contributed by atoms with E-state index < -0.39 is 0 Å². The van der Waals surface area contributed by atoms with Crippen molar-refractivity contribution < 1.29 is 9.53 Å². The fourth-order valence-corrected chi connectivity index (χ4v) is 1.72. The molecule has 0 bridgehead atoms. The van der Waals surface area contributed by atoms with E-state index in [-0.39, 0.29) is 11.2 Å². The van der Waals surface area contributed by atoms with Gasteiger partial charge in [-0.15, -0.1) is 0 Å². The molecule has 0 saturated carbocycles. The van der Waals surface area contributed by atoms with E-state index in [9.17, 15) is 4.79 Å². The van der Waals surface area contributed by atoms with E-state index in [1.54, 1.807) is 6.92 Å². The first kappa shape index (κ1) is 13.8. The van der Waals surface area contributed by atoms with Gasteiger partial charge in [0.2, 0.25) is 0 Å². The highest BCUT2D eigenvalue weighted by Gasteiger charge is 2.18. The van der Waals surface area contributed by atoms with Crippen molar-refractivity contribution in [1.82, 2.24) is 0 Å². The van der Waals surface area contributed by atoms with Gasteiger partial charge in [-0.2, -0.15) is 0 Å². The lowest BCUT2D eigenvalue weighted by Crippen LogP contribution is -2.13. The van der Waals surface area contributed by atoms with E-state index >= 15 is 0 Å². The highest BCUT2D eigenvalue weighted by Crippen LogP contribution is 2.30. The minimum absolute atomic E-state index is 0.0805. The number of ketones is 1. The van der Waals surface area contributed by atoms with Crippen LogP contribution in [-0.4, -0.2) is 12.4 Å². The Morgan fingerprint density at radius 3 is 2.47 bits per heavy atom. The van der Waals surface area contributed by atoms with Crippen LogP contribution in [0.4, 0.5) is 0 Å². The van der Waals surface area contributed by atoms with Gasteiger partial charge in [0.1, 0.15) is 11.5 Å². The molecular formula is C15H22O2. The van der Waals surface area contributed by atoms with Crippen molar-refractivity contribution in [2.24, 2.45) is 0 Å². The van der Waals surface area contributed by atoms with Gasteiger partial charge >= 0.3 is 0 Å². The first-order valence-corrected chi connectivity index (χ1v) is 6.13. The van der Waals surface area contributed by atoms with Crippen LogP contribution in [0.3, 0.4) is 0 Å². The number of hydrogen-bond acceptors (Lipinski definition) is 2. The molecule has 0 heterocycles. The van der Waals surface area contributed by atoms with Crippen LogP contribution in [0, 0.1) is 0 Å². The average molecular weight is 234 g/mol. The molecule has 1 rings (SSSR count). The summed E-state index contributed by atoms with van der Waals surface area (Å²) >= 11 is 0. The maximum absolute atomic E-state index is 10.8. The third-order valence-electron chi connectivity index (χ3n) is 2.63. The van der Waals surface area contributed by atoms with Gasteiger partial charge in [-0.25, -0.2) is 0 Å². The third-order valence-corrected chi connectivity index (χ3v) is 2.63. The molecule has 0 saturated heterocycles. The SMILES string of the molecule is CC(=O)CCCOc1ccccc1C(C)(C)C. The number of hydrogen-bond donors (Lipinski definition) is 0. The zero-order valence-electron chi connectivity index (χ0n) is 11.2. The molecule has 2 heteroatoms. The molecule has 0 unspecified atom stereocenters. The minimum atomic E-state index is 0.0805. The monoisotopic (exact) mass is 234 g/mol. The number of carbonyl (C=O) groups excluding carboxylic acids is 1. The zero-order valence-corrected chi connectivity index (χ0v) is 11.2. The van der Waals surface area contributed by atoms with E-state index in [2.05, 4.69) is 26.8 Å². The number of rotatable bonds is 5. The quantitative estimate of drug-likeness (QED) is 0.726. The average Bonchev–Trinajstić information content (AvgIpc) is 2.23. The van der Waals surface area contributed by atoms with Gasteiger partial charge in [-0.3, -0.25) is 0 Å². The van der Waals surface area contributed by atoms with Crippen molar-refractivity contribution in [2.45, 2.75) is 46.0 Å². The van der Waals surface area contributed by atoms with Gasteiger partial charge in [-0.1, -0.05) is 39.0 Å². The number of Topliss-reactive ketones (excluding diaryl/α,β-unsaturated/α-hetero) is 1. The summed E-state index contributed by atoms with van der Waals surface area (Å²) in [5.41, 5.74) is 1.29. The Morgan fingerprint density at radius 1 is 1.24 bits per heavy atom. The second kappa shape index (κ2) is 5.85. The molecule has 0 amide bonds. The van der Waals surface area contributed by atoms with E-state index in [0.717, 1.165) is 12.2 Å². The lowest BCUT2D eigenvalue weighted by molar-refractivity contribution is -0.117. The van der Waals surface area contributed by atoms with Crippen molar-refractivity contribution >= 4 is 5.78 Å². The Morgan fingerprint density at radius 2 is 1.88 bits per heavy atom. The van der Waals surface area contributed by atoms with Crippen LogP contribution in [0.1, 0.15) is 46.1 Å². The third kappa shape index (κ3) is 4.59. The van der Waals surface area contributed by atoms with Crippen molar-refractivity contribution in [1.29, 1.82) is 0 Å². The van der Waals surface area contributed by atoms with Crippen LogP contribution in [0.5, 0.6) is 5.75 Å². The second-order valence-corrected chi connectivity index (χ2v) is 5.40. The Hall–Kier alpha value is -1.31. The molecule has 0 spiro atoms. The van der Waals surface area contributed by atoms with Crippen molar-refractivity contribution in [3.63, 3.8) is 0 Å². The summed E-state index contributed by atoms with van der Waals surface area (Å²) in [7, 11) is 0. The molecule has 0 aromatic heterocycles. The predicted molar refractivity (Wildman–Crippen MR) is 70.6 cm³/mol. The standard InChI is InChI=1S/C15H22O2/c1-12(16)8-7-11-17-14-10-6-5-9-13(14)15(2,3)4/h5-6,9-10H,7-8,11H2,1-4H3. The largest absolute Gasteiger partial charge is 0.493 e. The molecule has 0 atom stereocenters. The van der Waals surface area contributed by atoms with Gasteiger partial charge in [0, 0.05) is 6.42 Å². The maximum Gasteiger partial charge on any atom is 0.129 e. The van der Waals surface area contributed by atoms with Crippen LogP contribution < -0.4 is 4.74 Å². The van der Waals surface area contributed by atoms with Crippen molar-refractivity contribution in [3.05, 3.63) is 29.8 Å². The van der Waals surface area contributed by atoms with Crippen molar-refractivity contribution in [3.8, 4) is 5.75 Å². The Bertz CT molecular complexity index is 375. The first-order chi connectivity index (χ1) is 7.91. The lowest BCUT2D eigenvalue weighted by atomic mass is 9.86. The lowest BCUT2D eigenvalue weighted by Gasteiger charge is -2.22. The molecule has 0 aliphatic rings. The topological polar surface area (TPSA) is 26.3 Å². The fraction of sp³-hybridized carbons (Fsp3) is 0.533. The second-order valence-electron chi connectivity index (χ2n) is 5.40. The Labute approximate surface area is 104 Å². The molecular weight excluding hydrogens is 212 g/mol. The number of carbonyl (C=O) groups is 1. The number of benzene rings is 1. The van der Waals surface area contributed by atoms with Crippen LogP contribution >= 0.6 is 0 Å². The molecule has 1 aromatic rings. The summed E-state index contributed by atoms with van der Waals surface area (Å²) in [4.78, 5) is 10.8. The normalized spacial score (nSPS) is 11.3. The zero-order chi connectivity index (χ0) is 12.9. The molecule has 0 radical (unpaired) electrons. The molecule has 0 N–H and O–H groups in total.